The third-order valence-corrected chi connectivity index (χ3v) is 1.76. The van der Waals surface area contributed by atoms with Crippen LogP contribution in [0.2, 0.25) is 0 Å². The Bertz CT molecular complexity index is 89.6. The molecule has 54 valence electrons. The summed E-state index contributed by atoms with van der Waals surface area (Å²) >= 11 is 0. The van der Waals surface area contributed by atoms with Crippen molar-refractivity contribution < 1.29 is 4.74 Å². The highest BCUT2D eigenvalue weighted by Gasteiger charge is 2.27. The van der Waals surface area contributed by atoms with Gasteiger partial charge in [0.25, 0.3) is 0 Å². The van der Waals surface area contributed by atoms with E-state index in [1.54, 1.807) is 0 Å². The van der Waals surface area contributed by atoms with Gasteiger partial charge in [-0.05, 0) is 5.41 Å². The molecule has 0 amide bonds. The first-order valence-corrected chi connectivity index (χ1v) is 3.42. The molecule has 1 aliphatic heterocycles. The van der Waals surface area contributed by atoms with Gasteiger partial charge in [-0.25, -0.2) is 0 Å². The number of hydrogen-bond acceptors (Lipinski definition) is 2. The van der Waals surface area contributed by atoms with Gasteiger partial charge in [-0.2, -0.15) is 0 Å². The third kappa shape index (κ3) is 1.66. The van der Waals surface area contributed by atoms with E-state index in [0.29, 0.717) is 11.5 Å². The Kier molecular flexibility index (Phi) is 1.78. The molecule has 9 heavy (non-hydrogen) atoms. The molecule has 0 aromatic carbocycles. The lowest BCUT2D eigenvalue weighted by Gasteiger charge is -2.24. The van der Waals surface area contributed by atoms with E-state index in [2.05, 4.69) is 26.1 Å². The molecule has 1 atom stereocenters. The van der Waals surface area contributed by atoms with Gasteiger partial charge in [-0.15, -0.1) is 0 Å². The maximum atomic E-state index is 5.17. The smallest absolute Gasteiger partial charge is 0.0969 e. The van der Waals surface area contributed by atoms with Gasteiger partial charge in [0.1, 0.15) is 0 Å². The van der Waals surface area contributed by atoms with E-state index in [0.717, 1.165) is 13.3 Å². The summed E-state index contributed by atoms with van der Waals surface area (Å²) in [7, 11) is 0. The van der Waals surface area contributed by atoms with Crippen LogP contribution in [0.4, 0.5) is 0 Å². The minimum Gasteiger partial charge on any atom is -0.365 e. The molecule has 1 rings (SSSR count). The highest BCUT2D eigenvalue weighted by atomic mass is 16.5. The number of hydrogen-bond donors (Lipinski definition) is 1. The van der Waals surface area contributed by atoms with Crippen LogP contribution in [0.3, 0.4) is 0 Å². The maximum Gasteiger partial charge on any atom is 0.0969 e. The third-order valence-electron chi connectivity index (χ3n) is 1.76. The van der Waals surface area contributed by atoms with Crippen LogP contribution in [0, 0.1) is 5.41 Å². The Hall–Kier alpha value is -0.0800. The zero-order chi connectivity index (χ0) is 6.91. The lowest BCUT2D eigenvalue weighted by Crippen LogP contribution is -2.36. The average molecular weight is 129 g/mol. The van der Waals surface area contributed by atoms with Gasteiger partial charge in [-0.1, -0.05) is 20.8 Å². The fraction of sp³-hybridized carbons (Fsp3) is 1.00. The summed E-state index contributed by atoms with van der Waals surface area (Å²) in [6.45, 7) is 8.25. The van der Waals surface area contributed by atoms with Crippen molar-refractivity contribution in [1.82, 2.24) is 5.32 Å². The number of nitrogens with one attached hydrogen (secondary N) is 1. The first kappa shape index (κ1) is 7.03. The highest BCUT2D eigenvalue weighted by Crippen LogP contribution is 2.21. The van der Waals surface area contributed by atoms with Crippen LogP contribution >= 0.6 is 0 Å². The molecule has 2 nitrogen and oxygen atoms in total. The molecular weight excluding hydrogens is 114 g/mol. The molecule has 0 aromatic heterocycles. The maximum absolute atomic E-state index is 5.17. The largest absolute Gasteiger partial charge is 0.365 e. The van der Waals surface area contributed by atoms with Gasteiger partial charge in [0.2, 0.25) is 0 Å². The van der Waals surface area contributed by atoms with Crippen molar-refractivity contribution in [1.29, 1.82) is 0 Å². The SMILES string of the molecule is CC(C)(C)C1COCN1. The van der Waals surface area contributed by atoms with Crippen LogP contribution in [0.1, 0.15) is 20.8 Å². The standard InChI is InChI=1S/C7H15NO/c1-7(2,3)6-4-9-5-8-6/h6,8H,4-5H2,1-3H3. The highest BCUT2D eigenvalue weighted by molar-refractivity contribution is 4.81. The fourth-order valence-corrected chi connectivity index (χ4v) is 0.951. The van der Waals surface area contributed by atoms with Crippen molar-refractivity contribution in [3.8, 4) is 0 Å². The monoisotopic (exact) mass is 129 g/mol. The van der Waals surface area contributed by atoms with Gasteiger partial charge in [0, 0.05) is 6.04 Å². The lowest BCUT2D eigenvalue weighted by atomic mass is 9.88. The Balaban J connectivity index is 2.42. The van der Waals surface area contributed by atoms with E-state index in [1.165, 1.54) is 0 Å². The van der Waals surface area contributed by atoms with Gasteiger partial charge in [-0.3, -0.25) is 5.32 Å². The summed E-state index contributed by atoms with van der Waals surface area (Å²) in [5.41, 5.74) is 0.344. The minimum atomic E-state index is 0.344. The normalized spacial score (nSPS) is 29.0. The van der Waals surface area contributed by atoms with Gasteiger partial charge in [0.05, 0.1) is 13.3 Å². The van der Waals surface area contributed by atoms with E-state index in [4.69, 9.17) is 4.74 Å². The summed E-state index contributed by atoms with van der Waals surface area (Å²) in [4.78, 5) is 0. The van der Waals surface area contributed by atoms with E-state index in [9.17, 15) is 0 Å². The van der Waals surface area contributed by atoms with Gasteiger partial charge >= 0.3 is 0 Å². The van der Waals surface area contributed by atoms with Crippen LogP contribution in [0.15, 0.2) is 0 Å². The van der Waals surface area contributed by atoms with Crippen molar-refractivity contribution in [2.24, 2.45) is 5.41 Å². The van der Waals surface area contributed by atoms with Gasteiger partial charge in [0.15, 0.2) is 0 Å². The molecular formula is C7H15NO. The minimum absolute atomic E-state index is 0.344. The van der Waals surface area contributed by atoms with Crippen LogP contribution in [-0.2, 0) is 4.74 Å². The molecule has 2 heteroatoms. The van der Waals surface area contributed by atoms with Crippen molar-refractivity contribution in [2.75, 3.05) is 13.3 Å². The molecule has 0 radical (unpaired) electrons. The second kappa shape index (κ2) is 2.27. The molecule has 1 N–H and O–H groups in total. The Morgan fingerprint density at radius 3 is 2.33 bits per heavy atom. The van der Waals surface area contributed by atoms with Crippen LogP contribution in [-0.4, -0.2) is 19.4 Å². The van der Waals surface area contributed by atoms with Crippen molar-refractivity contribution in [3.05, 3.63) is 0 Å². The fourth-order valence-electron chi connectivity index (χ4n) is 0.951. The summed E-state index contributed by atoms with van der Waals surface area (Å²) in [5.74, 6) is 0. The zero-order valence-corrected chi connectivity index (χ0v) is 6.40. The zero-order valence-electron chi connectivity index (χ0n) is 6.40. The average Bonchev–Trinajstić information content (AvgIpc) is 2.08. The van der Waals surface area contributed by atoms with E-state index in [-0.39, 0.29) is 0 Å². The first-order chi connectivity index (χ1) is 4.11. The molecule has 0 saturated carbocycles. The Morgan fingerprint density at radius 2 is 2.11 bits per heavy atom. The topological polar surface area (TPSA) is 21.3 Å². The molecule has 0 bridgehead atoms. The van der Waals surface area contributed by atoms with E-state index >= 15 is 0 Å². The molecule has 1 heterocycles. The molecule has 1 aliphatic rings. The van der Waals surface area contributed by atoms with E-state index < -0.39 is 0 Å². The molecule has 1 unspecified atom stereocenters. The second-order valence-electron chi connectivity index (χ2n) is 3.64. The van der Waals surface area contributed by atoms with Crippen molar-refractivity contribution in [2.45, 2.75) is 26.8 Å². The summed E-state index contributed by atoms with van der Waals surface area (Å²) in [6.07, 6.45) is 0. The lowest BCUT2D eigenvalue weighted by molar-refractivity contribution is 0.175. The number of ether oxygens (including phenoxy) is 1. The van der Waals surface area contributed by atoms with Crippen molar-refractivity contribution in [3.63, 3.8) is 0 Å². The quantitative estimate of drug-likeness (QED) is 0.526. The summed E-state index contributed by atoms with van der Waals surface area (Å²) in [6, 6.07) is 0.539. The Labute approximate surface area is 56.6 Å². The van der Waals surface area contributed by atoms with Crippen LogP contribution in [0.5, 0.6) is 0 Å². The predicted molar refractivity (Wildman–Crippen MR) is 37.2 cm³/mol. The second-order valence-corrected chi connectivity index (χ2v) is 3.64. The van der Waals surface area contributed by atoms with Crippen molar-refractivity contribution >= 4 is 0 Å². The molecule has 0 aromatic rings. The summed E-state index contributed by atoms with van der Waals surface area (Å²) in [5, 5.41) is 3.27. The Morgan fingerprint density at radius 1 is 1.44 bits per heavy atom. The number of rotatable bonds is 0. The predicted octanol–water partition coefficient (Wildman–Crippen LogP) is 0.978. The summed E-state index contributed by atoms with van der Waals surface area (Å²) < 4.78 is 5.17. The van der Waals surface area contributed by atoms with E-state index in [1.807, 2.05) is 0 Å². The molecule has 0 spiro atoms. The van der Waals surface area contributed by atoms with Crippen LogP contribution < -0.4 is 5.32 Å². The van der Waals surface area contributed by atoms with Gasteiger partial charge < -0.3 is 4.74 Å². The molecule has 0 aliphatic carbocycles. The first-order valence-electron chi connectivity index (χ1n) is 3.42. The molecule has 1 fully saturated rings. The van der Waals surface area contributed by atoms with Crippen LogP contribution in [0.25, 0.3) is 0 Å². The molecule has 1 saturated heterocycles.